The lowest BCUT2D eigenvalue weighted by Crippen LogP contribution is -2.30. The zero-order chi connectivity index (χ0) is 14.5. The molecular weight excluding hydrogens is 272 g/mol. The average molecular weight is 286 g/mol. The fourth-order valence-electron chi connectivity index (χ4n) is 3.23. The zero-order valence-corrected chi connectivity index (χ0v) is 11.9. The molecule has 0 atom stereocenters. The summed E-state index contributed by atoms with van der Waals surface area (Å²) in [6.07, 6.45) is 4.07. The molecule has 22 heavy (non-hydrogen) atoms. The van der Waals surface area contributed by atoms with Gasteiger partial charge in [-0.25, -0.2) is 4.68 Å². The third-order valence-electron chi connectivity index (χ3n) is 4.26. The number of anilines is 2. The Morgan fingerprint density at radius 2 is 1.59 bits per heavy atom. The molecule has 2 aliphatic rings. The van der Waals surface area contributed by atoms with Gasteiger partial charge in [-0.1, -0.05) is 30.3 Å². The highest BCUT2D eigenvalue weighted by Gasteiger charge is 2.32. The third-order valence-corrected chi connectivity index (χ3v) is 4.26. The van der Waals surface area contributed by atoms with Gasteiger partial charge < -0.3 is 9.80 Å². The number of fused-ring (bicyclic) bond motifs is 6. The summed E-state index contributed by atoms with van der Waals surface area (Å²) in [6, 6.07) is 21.0. The van der Waals surface area contributed by atoms with E-state index >= 15 is 0 Å². The molecule has 2 aliphatic heterocycles. The quantitative estimate of drug-likeness (QED) is 0.684. The molecule has 2 aromatic carbocycles. The van der Waals surface area contributed by atoms with E-state index in [4.69, 9.17) is 0 Å². The second-order valence-corrected chi connectivity index (χ2v) is 5.51. The first-order valence-electron chi connectivity index (χ1n) is 7.37. The molecule has 0 N–H and O–H groups in total. The predicted octanol–water partition coefficient (Wildman–Crippen LogP) is 3.47. The molecule has 3 aromatic rings. The molecule has 0 aliphatic carbocycles. The molecule has 0 saturated heterocycles. The number of para-hydroxylation sites is 3. The second kappa shape index (κ2) is 4.24. The van der Waals surface area contributed by atoms with Gasteiger partial charge in [-0.05, 0) is 30.3 Å². The van der Waals surface area contributed by atoms with Gasteiger partial charge in [0.1, 0.15) is 0 Å². The Bertz CT molecular complexity index is 879. The van der Waals surface area contributed by atoms with E-state index in [-0.39, 0.29) is 0 Å². The summed E-state index contributed by atoms with van der Waals surface area (Å²) in [5.41, 5.74) is 5.86. The molecule has 0 saturated carbocycles. The Morgan fingerprint density at radius 1 is 0.818 bits per heavy atom. The first-order valence-corrected chi connectivity index (χ1v) is 7.37. The van der Waals surface area contributed by atoms with Gasteiger partial charge in [0.05, 0.1) is 35.6 Å². The molecule has 0 spiro atoms. The van der Waals surface area contributed by atoms with E-state index in [1.807, 2.05) is 16.9 Å². The summed E-state index contributed by atoms with van der Waals surface area (Å²) in [4.78, 5) is 4.62. The first-order chi connectivity index (χ1) is 10.9. The Labute approximate surface area is 128 Å². The van der Waals surface area contributed by atoms with Gasteiger partial charge in [0.25, 0.3) is 0 Å². The van der Waals surface area contributed by atoms with Crippen LogP contribution in [-0.4, -0.2) is 16.4 Å². The van der Waals surface area contributed by atoms with Gasteiger partial charge in [-0.2, -0.15) is 5.10 Å². The molecule has 3 heterocycles. The first kappa shape index (κ1) is 11.6. The van der Waals surface area contributed by atoms with Crippen LogP contribution in [0, 0.1) is 0 Å². The number of aromatic nitrogens is 2. The van der Waals surface area contributed by atoms with E-state index in [0.29, 0.717) is 0 Å². The lowest BCUT2D eigenvalue weighted by atomic mass is 10.1. The van der Waals surface area contributed by atoms with Crippen LogP contribution in [0.5, 0.6) is 0 Å². The van der Waals surface area contributed by atoms with E-state index in [2.05, 4.69) is 75.7 Å². The highest BCUT2D eigenvalue weighted by Crippen LogP contribution is 2.41. The standard InChI is InChI=1S/C18H14N4/c1-2-6-14(7-3-1)20-12-18-17-10-11-19-22(17)16-9-5-4-8-15(16)21(18)13-20/h1-12H,13H2. The molecule has 106 valence electrons. The third kappa shape index (κ3) is 1.49. The Kier molecular flexibility index (Phi) is 2.24. The molecule has 1 aromatic heterocycles. The highest BCUT2D eigenvalue weighted by atomic mass is 15.4. The summed E-state index contributed by atoms with van der Waals surface area (Å²) in [7, 11) is 0. The maximum absolute atomic E-state index is 4.49. The van der Waals surface area contributed by atoms with Crippen LogP contribution in [0.3, 0.4) is 0 Å². The van der Waals surface area contributed by atoms with Gasteiger partial charge in [0, 0.05) is 11.9 Å². The van der Waals surface area contributed by atoms with Crippen molar-refractivity contribution in [1.82, 2.24) is 9.78 Å². The van der Waals surface area contributed by atoms with Crippen molar-refractivity contribution in [3.8, 4) is 5.69 Å². The molecule has 4 heteroatoms. The van der Waals surface area contributed by atoms with Crippen molar-refractivity contribution in [1.29, 1.82) is 0 Å². The van der Waals surface area contributed by atoms with Crippen molar-refractivity contribution in [3.05, 3.63) is 78.8 Å². The Hall–Kier alpha value is -3.01. The fourth-order valence-corrected chi connectivity index (χ4v) is 3.23. The van der Waals surface area contributed by atoms with Crippen LogP contribution < -0.4 is 9.80 Å². The number of hydrogen-bond donors (Lipinski definition) is 0. The highest BCUT2D eigenvalue weighted by molar-refractivity contribution is 5.90. The van der Waals surface area contributed by atoms with Crippen LogP contribution in [0.2, 0.25) is 0 Å². The molecular formula is C18H14N4. The lowest BCUT2D eigenvalue weighted by molar-refractivity contribution is 0.833. The van der Waals surface area contributed by atoms with Crippen molar-refractivity contribution in [2.75, 3.05) is 16.5 Å². The van der Waals surface area contributed by atoms with Crippen LogP contribution in [0.15, 0.2) is 73.1 Å². The van der Waals surface area contributed by atoms with Crippen molar-refractivity contribution < 1.29 is 0 Å². The summed E-state index contributed by atoms with van der Waals surface area (Å²) < 4.78 is 2.02. The van der Waals surface area contributed by atoms with Gasteiger partial charge in [-0.15, -0.1) is 0 Å². The minimum atomic E-state index is 0.821. The van der Waals surface area contributed by atoms with E-state index in [1.165, 1.54) is 17.1 Å². The van der Waals surface area contributed by atoms with Gasteiger partial charge >= 0.3 is 0 Å². The monoisotopic (exact) mass is 286 g/mol. The topological polar surface area (TPSA) is 24.3 Å². The molecule has 0 bridgehead atoms. The van der Waals surface area contributed by atoms with Crippen molar-refractivity contribution in [3.63, 3.8) is 0 Å². The molecule has 0 radical (unpaired) electrons. The molecule has 0 unspecified atom stereocenters. The number of benzene rings is 2. The van der Waals surface area contributed by atoms with E-state index in [9.17, 15) is 0 Å². The van der Waals surface area contributed by atoms with Crippen LogP contribution in [0.1, 0.15) is 5.69 Å². The van der Waals surface area contributed by atoms with Crippen molar-refractivity contribution in [2.45, 2.75) is 0 Å². The summed E-state index contributed by atoms with van der Waals surface area (Å²) >= 11 is 0. The minimum absolute atomic E-state index is 0.821. The maximum Gasteiger partial charge on any atom is 0.0997 e. The van der Waals surface area contributed by atoms with Crippen LogP contribution in [0.4, 0.5) is 11.4 Å². The second-order valence-electron chi connectivity index (χ2n) is 5.51. The molecule has 5 rings (SSSR count). The van der Waals surface area contributed by atoms with E-state index in [0.717, 1.165) is 18.1 Å². The number of hydrogen-bond acceptors (Lipinski definition) is 3. The smallest absolute Gasteiger partial charge is 0.0997 e. The molecule has 4 nitrogen and oxygen atoms in total. The average Bonchev–Trinajstić information content (AvgIpc) is 3.23. The summed E-state index contributed by atoms with van der Waals surface area (Å²) in [6.45, 7) is 0.821. The normalized spacial score (nSPS) is 15.2. The van der Waals surface area contributed by atoms with Gasteiger partial charge in [-0.3, -0.25) is 0 Å². The van der Waals surface area contributed by atoms with E-state index in [1.54, 1.807) is 0 Å². The van der Waals surface area contributed by atoms with Crippen molar-refractivity contribution in [2.24, 2.45) is 0 Å². The Balaban J connectivity index is 1.69. The lowest BCUT2D eigenvalue weighted by Gasteiger charge is -2.30. The van der Waals surface area contributed by atoms with Gasteiger partial charge in [0.15, 0.2) is 0 Å². The predicted molar refractivity (Wildman–Crippen MR) is 87.8 cm³/mol. The van der Waals surface area contributed by atoms with E-state index < -0.39 is 0 Å². The van der Waals surface area contributed by atoms with Gasteiger partial charge in [0.2, 0.25) is 0 Å². The number of rotatable bonds is 1. The van der Waals surface area contributed by atoms with Crippen LogP contribution in [0.25, 0.3) is 11.4 Å². The Morgan fingerprint density at radius 3 is 2.45 bits per heavy atom. The zero-order valence-electron chi connectivity index (χ0n) is 11.9. The molecule has 0 fully saturated rings. The SMILES string of the molecule is C1=C2c3ccnn3-c3ccccc3N2CN1c1ccccc1. The summed E-state index contributed by atoms with van der Waals surface area (Å²) in [5.74, 6) is 0. The minimum Gasteiger partial charge on any atom is -0.327 e. The van der Waals surface area contributed by atoms with Crippen LogP contribution >= 0.6 is 0 Å². The van der Waals surface area contributed by atoms with Crippen molar-refractivity contribution >= 4 is 17.1 Å². The fraction of sp³-hybridized carbons (Fsp3) is 0.0556. The largest absolute Gasteiger partial charge is 0.327 e. The number of nitrogens with zero attached hydrogens (tertiary/aromatic N) is 4. The maximum atomic E-state index is 4.49. The molecule has 0 amide bonds. The van der Waals surface area contributed by atoms with Crippen LogP contribution in [-0.2, 0) is 0 Å². The summed E-state index contributed by atoms with van der Waals surface area (Å²) in [5, 5.41) is 4.49.